The number of halogens is 2. The fourth-order valence-corrected chi connectivity index (χ4v) is 2.34. The van der Waals surface area contributed by atoms with Crippen LogP contribution in [0.25, 0.3) is 0 Å². The summed E-state index contributed by atoms with van der Waals surface area (Å²) in [5.41, 5.74) is 8.45. The predicted molar refractivity (Wildman–Crippen MR) is 82.7 cm³/mol. The normalized spacial score (nSPS) is 10.3. The van der Waals surface area contributed by atoms with Crippen molar-refractivity contribution in [2.24, 2.45) is 0 Å². The molecule has 0 saturated heterocycles. The van der Waals surface area contributed by atoms with Crippen molar-refractivity contribution in [3.8, 4) is 0 Å². The number of benzene rings is 2. The third kappa shape index (κ3) is 3.49. The van der Waals surface area contributed by atoms with Gasteiger partial charge in [-0.15, -0.1) is 0 Å². The first-order chi connectivity index (χ1) is 8.95. The second-order valence-electron chi connectivity index (χ2n) is 4.21. The number of anilines is 2. The predicted octanol–water partition coefficient (Wildman–Crippen LogP) is 4.25. The number of hydrogen-bond donors (Lipinski definition) is 2. The molecule has 2 aromatic carbocycles. The molecule has 0 aliphatic heterocycles. The van der Waals surface area contributed by atoms with Crippen LogP contribution >= 0.6 is 27.5 Å². The SMILES string of the molecule is Cc1cc(Cl)cc(C(=O)Nc2ccc(N)c(Br)c2)c1. The molecule has 0 aromatic heterocycles. The molecule has 5 heteroatoms. The van der Waals surface area contributed by atoms with Crippen LogP contribution in [0.1, 0.15) is 15.9 Å². The molecule has 0 heterocycles. The molecule has 0 spiro atoms. The summed E-state index contributed by atoms with van der Waals surface area (Å²) < 4.78 is 0.743. The topological polar surface area (TPSA) is 55.1 Å². The first kappa shape index (κ1) is 13.9. The summed E-state index contributed by atoms with van der Waals surface area (Å²) in [6.45, 7) is 1.89. The van der Waals surface area contributed by atoms with Gasteiger partial charge in [-0.3, -0.25) is 4.79 Å². The summed E-state index contributed by atoms with van der Waals surface area (Å²) in [5.74, 6) is -0.206. The van der Waals surface area contributed by atoms with Gasteiger partial charge in [0.1, 0.15) is 0 Å². The van der Waals surface area contributed by atoms with E-state index in [1.165, 1.54) is 0 Å². The zero-order chi connectivity index (χ0) is 14.0. The molecule has 19 heavy (non-hydrogen) atoms. The van der Waals surface area contributed by atoms with Crippen molar-refractivity contribution in [2.45, 2.75) is 6.92 Å². The fraction of sp³-hybridized carbons (Fsp3) is 0.0714. The van der Waals surface area contributed by atoms with Crippen LogP contribution in [0.15, 0.2) is 40.9 Å². The maximum atomic E-state index is 12.1. The molecule has 0 atom stereocenters. The number of rotatable bonds is 2. The van der Waals surface area contributed by atoms with Crippen molar-refractivity contribution in [3.63, 3.8) is 0 Å². The molecule has 3 N–H and O–H groups in total. The molecular weight excluding hydrogens is 328 g/mol. The Bertz CT molecular complexity index is 623. The Hall–Kier alpha value is -1.52. The number of aryl methyl sites for hydroxylation is 1. The highest BCUT2D eigenvalue weighted by atomic mass is 79.9. The Labute approximate surface area is 124 Å². The Kier molecular flexibility index (Phi) is 4.12. The molecule has 0 radical (unpaired) electrons. The first-order valence-electron chi connectivity index (χ1n) is 5.59. The molecule has 0 unspecified atom stereocenters. The quantitative estimate of drug-likeness (QED) is 0.804. The van der Waals surface area contributed by atoms with Gasteiger partial charge < -0.3 is 11.1 Å². The molecule has 1 amide bonds. The molecule has 0 aliphatic rings. The number of carbonyl (C=O) groups excluding carboxylic acids is 1. The summed E-state index contributed by atoms with van der Waals surface area (Å²) >= 11 is 9.26. The second-order valence-corrected chi connectivity index (χ2v) is 5.50. The smallest absolute Gasteiger partial charge is 0.255 e. The van der Waals surface area contributed by atoms with Gasteiger partial charge in [-0.2, -0.15) is 0 Å². The zero-order valence-electron chi connectivity index (χ0n) is 10.2. The average molecular weight is 340 g/mol. The van der Waals surface area contributed by atoms with Crippen molar-refractivity contribution in [1.29, 1.82) is 0 Å². The van der Waals surface area contributed by atoms with E-state index in [4.69, 9.17) is 17.3 Å². The molecule has 98 valence electrons. The van der Waals surface area contributed by atoms with Crippen LogP contribution in [0.5, 0.6) is 0 Å². The van der Waals surface area contributed by atoms with E-state index in [0.717, 1.165) is 10.0 Å². The van der Waals surface area contributed by atoms with E-state index in [1.807, 2.05) is 6.92 Å². The van der Waals surface area contributed by atoms with Crippen LogP contribution in [-0.2, 0) is 0 Å². The van der Waals surface area contributed by atoms with E-state index >= 15 is 0 Å². The zero-order valence-corrected chi connectivity index (χ0v) is 12.5. The minimum Gasteiger partial charge on any atom is -0.398 e. The van der Waals surface area contributed by atoms with Crippen molar-refractivity contribution >= 4 is 44.8 Å². The van der Waals surface area contributed by atoms with Gasteiger partial charge in [-0.25, -0.2) is 0 Å². The summed E-state index contributed by atoms with van der Waals surface area (Å²) in [7, 11) is 0. The lowest BCUT2D eigenvalue weighted by Crippen LogP contribution is -2.12. The maximum Gasteiger partial charge on any atom is 0.255 e. The Morgan fingerprint density at radius 1 is 1.26 bits per heavy atom. The molecule has 0 bridgehead atoms. The summed E-state index contributed by atoms with van der Waals surface area (Å²) in [5, 5.41) is 3.34. The largest absolute Gasteiger partial charge is 0.398 e. The van der Waals surface area contributed by atoms with Crippen molar-refractivity contribution in [2.75, 3.05) is 11.1 Å². The van der Waals surface area contributed by atoms with Gasteiger partial charge in [0.25, 0.3) is 5.91 Å². The van der Waals surface area contributed by atoms with Crippen molar-refractivity contribution in [3.05, 3.63) is 57.0 Å². The average Bonchev–Trinajstić information content (AvgIpc) is 2.32. The molecule has 0 saturated carbocycles. The van der Waals surface area contributed by atoms with Gasteiger partial charge in [0.2, 0.25) is 0 Å². The number of nitrogen functional groups attached to an aromatic ring is 1. The first-order valence-corrected chi connectivity index (χ1v) is 6.76. The molecular formula is C14H12BrClN2O. The lowest BCUT2D eigenvalue weighted by molar-refractivity contribution is 0.102. The Balaban J connectivity index is 2.22. The lowest BCUT2D eigenvalue weighted by atomic mass is 10.1. The van der Waals surface area contributed by atoms with Crippen LogP contribution in [0, 0.1) is 6.92 Å². The number of amides is 1. The van der Waals surface area contributed by atoms with Crippen LogP contribution in [-0.4, -0.2) is 5.91 Å². The van der Waals surface area contributed by atoms with Crippen molar-refractivity contribution in [1.82, 2.24) is 0 Å². The van der Waals surface area contributed by atoms with E-state index in [0.29, 0.717) is 22.0 Å². The molecule has 3 nitrogen and oxygen atoms in total. The summed E-state index contributed by atoms with van der Waals surface area (Å²) in [4.78, 5) is 12.1. The van der Waals surface area contributed by atoms with Gasteiger partial charge in [0.05, 0.1) is 0 Å². The Morgan fingerprint density at radius 2 is 2.00 bits per heavy atom. The van der Waals surface area contributed by atoms with E-state index in [1.54, 1.807) is 36.4 Å². The highest BCUT2D eigenvalue weighted by molar-refractivity contribution is 9.10. The minimum atomic E-state index is -0.206. The monoisotopic (exact) mass is 338 g/mol. The van der Waals surface area contributed by atoms with Crippen molar-refractivity contribution < 1.29 is 4.79 Å². The van der Waals surface area contributed by atoms with Gasteiger partial charge in [0, 0.05) is 26.4 Å². The highest BCUT2D eigenvalue weighted by Crippen LogP contribution is 2.24. The highest BCUT2D eigenvalue weighted by Gasteiger charge is 2.08. The molecule has 2 rings (SSSR count). The molecule has 0 fully saturated rings. The third-order valence-corrected chi connectivity index (χ3v) is 3.47. The van der Waals surface area contributed by atoms with Crippen LogP contribution < -0.4 is 11.1 Å². The summed E-state index contributed by atoms with van der Waals surface area (Å²) in [6, 6.07) is 10.4. The molecule has 0 aliphatic carbocycles. The van der Waals surface area contributed by atoms with Gasteiger partial charge in [-0.1, -0.05) is 11.6 Å². The van der Waals surface area contributed by atoms with E-state index < -0.39 is 0 Å². The number of hydrogen-bond acceptors (Lipinski definition) is 2. The van der Waals surface area contributed by atoms with Crippen LogP contribution in [0.4, 0.5) is 11.4 Å². The molecule has 2 aromatic rings. The van der Waals surface area contributed by atoms with E-state index in [-0.39, 0.29) is 5.91 Å². The van der Waals surface area contributed by atoms with Crippen LogP contribution in [0.3, 0.4) is 0 Å². The van der Waals surface area contributed by atoms with E-state index in [9.17, 15) is 4.79 Å². The number of carbonyl (C=O) groups is 1. The number of nitrogens with one attached hydrogen (secondary N) is 1. The standard InChI is InChI=1S/C14H12BrClN2O/c1-8-4-9(6-10(16)5-8)14(19)18-11-2-3-13(17)12(15)7-11/h2-7H,17H2,1H3,(H,18,19). The fourth-order valence-electron chi connectivity index (χ4n) is 1.68. The second kappa shape index (κ2) is 5.63. The Morgan fingerprint density at radius 3 is 2.63 bits per heavy atom. The van der Waals surface area contributed by atoms with Crippen LogP contribution in [0.2, 0.25) is 5.02 Å². The summed E-state index contributed by atoms with van der Waals surface area (Å²) in [6.07, 6.45) is 0. The van der Waals surface area contributed by atoms with Gasteiger partial charge in [0.15, 0.2) is 0 Å². The lowest BCUT2D eigenvalue weighted by Gasteiger charge is -2.08. The van der Waals surface area contributed by atoms with E-state index in [2.05, 4.69) is 21.2 Å². The number of nitrogens with two attached hydrogens (primary N) is 1. The van der Waals surface area contributed by atoms with Gasteiger partial charge in [-0.05, 0) is 64.8 Å². The maximum absolute atomic E-state index is 12.1. The van der Waals surface area contributed by atoms with Gasteiger partial charge >= 0.3 is 0 Å². The minimum absolute atomic E-state index is 0.206. The third-order valence-electron chi connectivity index (χ3n) is 2.56.